The van der Waals surface area contributed by atoms with Crippen molar-refractivity contribution in [1.82, 2.24) is 25.1 Å². The Balaban J connectivity index is 1.54. The molecule has 3 aromatic carbocycles. The number of benzene rings is 3. The van der Waals surface area contributed by atoms with Crippen LogP contribution in [0.3, 0.4) is 0 Å². The van der Waals surface area contributed by atoms with Crippen molar-refractivity contribution in [2.24, 2.45) is 0 Å². The Morgan fingerprint density at radius 3 is 2.26 bits per heavy atom. The molecule has 31 heavy (non-hydrogen) atoms. The molecular formula is C24H14ClN5O. The molecule has 0 amide bonds. The van der Waals surface area contributed by atoms with E-state index in [0.29, 0.717) is 33.9 Å². The van der Waals surface area contributed by atoms with Crippen LogP contribution in [0.25, 0.3) is 56.4 Å². The van der Waals surface area contributed by atoms with Crippen molar-refractivity contribution >= 4 is 33.5 Å². The number of imidazole rings is 1. The highest BCUT2D eigenvalue weighted by molar-refractivity contribution is 6.33. The number of pyridine rings is 1. The fraction of sp³-hybridized carbons (Fsp3) is 0. The topological polar surface area (TPSA) is 80.5 Å². The monoisotopic (exact) mass is 423 g/mol. The fourth-order valence-electron chi connectivity index (χ4n) is 3.62. The molecule has 148 valence electrons. The fourth-order valence-corrected chi connectivity index (χ4v) is 3.84. The summed E-state index contributed by atoms with van der Waals surface area (Å²) in [6.45, 7) is 0. The zero-order valence-corrected chi connectivity index (χ0v) is 16.8. The predicted octanol–water partition coefficient (Wildman–Crippen LogP) is 6.15. The number of hydrogen-bond acceptors (Lipinski definition) is 5. The first-order valence-corrected chi connectivity index (χ1v) is 10.1. The molecule has 6 rings (SSSR count). The van der Waals surface area contributed by atoms with E-state index in [9.17, 15) is 0 Å². The molecule has 0 unspecified atom stereocenters. The van der Waals surface area contributed by atoms with E-state index in [1.165, 1.54) is 0 Å². The van der Waals surface area contributed by atoms with Gasteiger partial charge in [-0.3, -0.25) is 0 Å². The summed E-state index contributed by atoms with van der Waals surface area (Å²) >= 11 is 6.30. The van der Waals surface area contributed by atoms with Crippen LogP contribution in [-0.2, 0) is 0 Å². The van der Waals surface area contributed by atoms with Crippen LogP contribution in [-0.4, -0.2) is 25.1 Å². The Kier molecular flexibility index (Phi) is 4.04. The predicted molar refractivity (Wildman–Crippen MR) is 121 cm³/mol. The van der Waals surface area contributed by atoms with E-state index >= 15 is 0 Å². The molecular weight excluding hydrogens is 410 g/mol. The van der Waals surface area contributed by atoms with Crippen LogP contribution in [0, 0.1) is 0 Å². The maximum absolute atomic E-state index is 6.30. The lowest BCUT2D eigenvalue weighted by atomic mass is 10.1. The third kappa shape index (κ3) is 3.05. The highest BCUT2D eigenvalue weighted by atomic mass is 35.5. The molecule has 0 atom stereocenters. The van der Waals surface area contributed by atoms with E-state index in [4.69, 9.17) is 21.0 Å². The number of halogens is 1. The van der Waals surface area contributed by atoms with E-state index in [1.807, 2.05) is 72.8 Å². The number of nitrogens with one attached hydrogen (secondary N) is 1. The van der Waals surface area contributed by atoms with Crippen LogP contribution in [0.15, 0.2) is 83.3 Å². The summed E-state index contributed by atoms with van der Waals surface area (Å²) in [5.74, 6) is 1.44. The highest BCUT2D eigenvalue weighted by Crippen LogP contribution is 2.34. The molecule has 0 radical (unpaired) electrons. The van der Waals surface area contributed by atoms with Crippen molar-refractivity contribution in [3.8, 4) is 34.4 Å². The second kappa shape index (κ2) is 7.04. The third-order valence-electron chi connectivity index (χ3n) is 5.11. The zero-order chi connectivity index (χ0) is 20.8. The standard InChI is InChI=1S/C24H14ClN5O/c25-17-9-3-1-8-15(17)23-29-30-24(31-23)16-13-21(26-18-10-4-2-7-14(16)18)22-27-19-11-5-6-12-20(19)28-22/h1-13H,(H,27,28). The first kappa shape index (κ1) is 17.8. The normalized spacial score (nSPS) is 11.4. The van der Waals surface area contributed by atoms with Crippen LogP contribution in [0.2, 0.25) is 5.02 Å². The summed E-state index contributed by atoms with van der Waals surface area (Å²) in [5.41, 5.74) is 4.82. The summed E-state index contributed by atoms with van der Waals surface area (Å²) < 4.78 is 6.03. The van der Waals surface area contributed by atoms with Gasteiger partial charge in [0.2, 0.25) is 11.8 Å². The molecule has 6 aromatic rings. The Hall–Kier alpha value is -4.03. The molecule has 0 saturated heterocycles. The smallest absolute Gasteiger partial charge is 0.249 e. The minimum Gasteiger partial charge on any atom is -0.416 e. The highest BCUT2D eigenvalue weighted by Gasteiger charge is 2.18. The minimum atomic E-state index is 0.367. The summed E-state index contributed by atoms with van der Waals surface area (Å²) in [7, 11) is 0. The van der Waals surface area contributed by atoms with Crippen LogP contribution < -0.4 is 0 Å². The average molecular weight is 424 g/mol. The number of aromatic nitrogens is 5. The molecule has 0 aliphatic heterocycles. The number of fused-ring (bicyclic) bond motifs is 2. The maximum atomic E-state index is 6.30. The number of nitrogens with zero attached hydrogens (tertiary/aromatic N) is 4. The molecule has 0 spiro atoms. The van der Waals surface area contributed by atoms with Crippen molar-refractivity contribution in [3.05, 3.63) is 83.9 Å². The summed E-state index contributed by atoms with van der Waals surface area (Å²) in [5, 5.41) is 9.99. The molecule has 3 heterocycles. The Morgan fingerprint density at radius 1 is 0.710 bits per heavy atom. The largest absolute Gasteiger partial charge is 0.416 e. The lowest BCUT2D eigenvalue weighted by Crippen LogP contribution is -1.91. The van der Waals surface area contributed by atoms with Gasteiger partial charge >= 0.3 is 0 Å². The van der Waals surface area contributed by atoms with E-state index in [2.05, 4.69) is 20.2 Å². The number of para-hydroxylation sites is 3. The lowest BCUT2D eigenvalue weighted by Gasteiger charge is -2.05. The molecule has 0 bridgehead atoms. The Morgan fingerprint density at radius 2 is 1.42 bits per heavy atom. The van der Waals surface area contributed by atoms with Gasteiger partial charge in [-0.1, -0.05) is 54.1 Å². The molecule has 0 fully saturated rings. The Labute approximate surface area is 181 Å². The molecule has 1 N–H and O–H groups in total. The number of aromatic amines is 1. The first-order chi connectivity index (χ1) is 15.3. The van der Waals surface area contributed by atoms with E-state index in [-0.39, 0.29) is 0 Å². The van der Waals surface area contributed by atoms with E-state index in [1.54, 1.807) is 6.07 Å². The van der Waals surface area contributed by atoms with Crippen molar-refractivity contribution < 1.29 is 4.42 Å². The average Bonchev–Trinajstić information content (AvgIpc) is 3.46. The van der Waals surface area contributed by atoms with E-state index in [0.717, 1.165) is 27.5 Å². The van der Waals surface area contributed by atoms with Gasteiger partial charge in [-0.05, 0) is 36.4 Å². The second-order valence-corrected chi connectivity index (χ2v) is 7.47. The zero-order valence-electron chi connectivity index (χ0n) is 16.1. The van der Waals surface area contributed by atoms with Crippen molar-refractivity contribution in [1.29, 1.82) is 0 Å². The molecule has 0 aliphatic rings. The van der Waals surface area contributed by atoms with Crippen LogP contribution >= 0.6 is 11.6 Å². The third-order valence-corrected chi connectivity index (χ3v) is 5.44. The van der Waals surface area contributed by atoms with Crippen LogP contribution in [0.5, 0.6) is 0 Å². The number of H-pyrrole nitrogens is 1. The summed E-state index contributed by atoms with van der Waals surface area (Å²) in [6, 6.07) is 25.0. The number of rotatable bonds is 3. The van der Waals surface area contributed by atoms with Gasteiger partial charge in [0.1, 0.15) is 5.69 Å². The summed E-state index contributed by atoms with van der Waals surface area (Å²) in [6.07, 6.45) is 0. The van der Waals surface area contributed by atoms with Gasteiger partial charge in [0.25, 0.3) is 0 Å². The lowest BCUT2D eigenvalue weighted by molar-refractivity contribution is 0.585. The minimum absolute atomic E-state index is 0.367. The SMILES string of the molecule is Clc1ccccc1-c1nnc(-c2cc(-c3nc4ccccc4[nH]3)nc3ccccc23)o1. The van der Waals surface area contributed by atoms with Crippen molar-refractivity contribution in [2.75, 3.05) is 0 Å². The van der Waals surface area contributed by atoms with E-state index < -0.39 is 0 Å². The van der Waals surface area contributed by atoms with Crippen LogP contribution in [0.4, 0.5) is 0 Å². The van der Waals surface area contributed by atoms with Gasteiger partial charge < -0.3 is 9.40 Å². The van der Waals surface area contributed by atoms with Gasteiger partial charge in [-0.2, -0.15) is 0 Å². The first-order valence-electron chi connectivity index (χ1n) is 9.70. The molecule has 6 nitrogen and oxygen atoms in total. The molecule has 7 heteroatoms. The Bertz CT molecular complexity index is 1540. The quantitative estimate of drug-likeness (QED) is 0.369. The molecule has 0 aliphatic carbocycles. The molecule has 0 saturated carbocycles. The van der Waals surface area contributed by atoms with Gasteiger partial charge in [-0.25, -0.2) is 9.97 Å². The van der Waals surface area contributed by atoms with Crippen LogP contribution in [0.1, 0.15) is 0 Å². The maximum Gasteiger partial charge on any atom is 0.249 e. The van der Waals surface area contributed by atoms with Crippen molar-refractivity contribution in [3.63, 3.8) is 0 Å². The van der Waals surface area contributed by atoms with Gasteiger partial charge in [-0.15, -0.1) is 10.2 Å². The summed E-state index contributed by atoms with van der Waals surface area (Å²) in [4.78, 5) is 12.8. The van der Waals surface area contributed by atoms with Crippen molar-refractivity contribution in [2.45, 2.75) is 0 Å². The number of hydrogen-bond donors (Lipinski definition) is 1. The second-order valence-electron chi connectivity index (χ2n) is 7.07. The van der Waals surface area contributed by atoms with Gasteiger partial charge in [0, 0.05) is 5.39 Å². The van der Waals surface area contributed by atoms with Gasteiger partial charge in [0.05, 0.1) is 32.7 Å². The molecule has 3 aromatic heterocycles. The van der Waals surface area contributed by atoms with Gasteiger partial charge in [0.15, 0.2) is 5.82 Å².